The maximum atomic E-state index is 14.2. The number of aromatic hydroxyl groups is 1. The Morgan fingerprint density at radius 2 is 2.04 bits per heavy atom. The largest absolute Gasteiger partial charge is 0.502 e. The molecule has 0 spiro atoms. The lowest BCUT2D eigenvalue weighted by Crippen LogP contribution is -2.15. The van der Waals surface area contributed by atoms with Crippen LogP contribution in [0.3, 0.4) is 0 Å². The quantitative estimate of drug-likeness (QED) is 0.815. The zero-order chi connectivity index (χ0) is 17.7. The van der Waals surface area contributed by atoms with Gasteiger partial charge in [-0.2, -0.15) is 0 Å². The third kappa shape index (κ3) is 3.80. The molecule has 7 heteroatoms. The maximum absolute atomic E-state index is 14.2. The van der Waals surface area contributed by atoms with Gasteiger partial charge >= 0.3 is 5.97 Å². The molecule has 0 amide bonds. The minimum Gasteiger partial charge on any atom is -0.502 e. The van der Waals surface area contributed by atoms with E-state index in [1.54, 1.807) is 6.07 Å². The topological polar surface area (TPSA) is 86.0 Å². The molecule has 1 heterocycles. The summed E-state index contributed by atoms with van der Waals surface area (Å²) in [5.74, 6) is -2.96. The van der Waals surface area contributed by atoms with Gasteiger partial charge in [0.2, 0.25) is 11.2 Å². The molecule has 2 aromatic rings. The standard InChI is InChI=1S/C17H17FO6/c1-22-9-10-7-14(19)16(21)17(24-10)12(8-15(20)23-2)11-5-3-4-6-13(11)18/h3-7,12,21H,8-9H2,1-2H3/t12-/m1/s1. The third-order valence-electron chi connectivity index (χ3n) is 3.48. The van der Waals surface area contributed by atoms with E-state index in [9.17, 15) is 19.1 Å². The third-order valence-corrected chi connectivity index (χ3v) is 3.48. The lowest BCUT2D eigenvalue weighted by Gasteiger charge is -2.18. The number of carbonyl (C=O) groups excluding carboxylic acids is 1. The summed E-state index contributed by atoms with van der Waals surface area (Å²) < 4.78 is 29.2. The predicted octanol–water partition coefficient (Wildman–Crippen LogP) is 2.33. The Morgan fingerprint density at radius 3 is 2.67 bits per heavy atom. The van der Waals surface area contributed by atoms with Gasteiger partial charge in [0.25, 0.3) is 0 Å². The van der Waals surface area contributed by atoms with E-state index in [1.807, 2.05) is 0 Å². The lowest BCUT2D eigenvalue weighted by molar-refractivity contribution is -0.140. The molecular weight excluding hydrogens is 319 g/mol. The Labute approximate surface area is 137 Å². The van der Waals surface area contributed by atoms with Crippen LogP contribution in [0.2, 0.25) is 0 Å². The monoisotopic (exact) mass is 336 g/mol. The van der Waals surface area contributed by atoms with Gasteiger partial charge in [-0.05, 0) is 11.6 Å². The van der Waals surface area contributed by atoms with Gasteiger partial charge in [-0.3, -0.25) is 9.59 Å². The van der Waals surface area contributed by atoms with E-state index in [1.165, 1.54) is 32.4 Å². The molecule has 24 heavy (non-hydrogen) atoms. The van der Waals surface area contributed by atoms with Crippen molar-refractivity contribution in [1.82, 2.24) is 0 Å². The van der Waals surface area contributed by atoms with Crippen LogP contribution in [0, 0.1) is 5.82 Å². The van der Waals surface area contributed by atoms with Crippen molar-refractivity contribution >= 4 is 5.97 Å². The molecule has 0 fully saturated rings. The Bertz CT molecular complexity index is 783. The average molecular weight is 336 g/mol. The number of carbonyl (C=O) groups is 1. The number of halogens is 1. The molecule has 1 atom stereocenters. The summed E-state index contributed by atoms with van der Waals surface area (Å²) >= 11 is 0. The summed E-state index contributed by atoms with van der Waals surface area (Å²) in [7, 11) is 2.60. The fourth-order valence-electron chi connectivity index (χ4n) is 2.36. The van der Waals surface area contributed by atoms with Gasteiger partial charge in [0, 0.05) is 13.2 Å². The highest BCUT2D eigenvalue weighted by atomic mass is 19.1. The number of benzene rings is 1. The molecule has 1 N–H and O–H groups in total. The first-order chi connectivity index (χ1) is 11.5. The molecule has 0 aliphatic carbocycles. The molecule has 1 aromatic heterocycles. The van der Waals surface area contributed by atoms with E-state index >= 15 is 0 Å². The summed E-state index contributed by atoms with van der Waals surface area (Å²) in [5.41, 5.74) is -0.592. The Kier molecular flexibility index (Phi) is 5.70. The van der Waals surface area contributed by atoms with Crippen molar-refractivity contribution in [3.63, 3.8) is 0 Å². The van der Waals surface area contributed by atoms with E-state index in [2.05, 4.69) is 4.74 Å². The van der Waals surface area contributed by atoms with Crippen molar-refractivity contribution in [1.29, 1.82) is 0 Å². The fourth-order valence-corrected chi connectivity index (χ4v) is 2.36. The number of rotatable bonds is 6. The maximum Gasteiger partial charge on any atom is 0.306 e. The van der Waals surface area contributed by atoms with E-state index in [4.69, 9.17) is 9.15 Å². The molecule has 0 aliphatic rings. The molecule has 0 radical (unpaired) electrons. The van der Waals surface area contributed by atoms with Crippen LogP contribution in [0.4, 0.5) is 4.39 Å². The second-order valence-corrected chi connectivity index (χ2v) is 5.08. The Morgan fingerprint density at radius 1 is 1.33 bits per heavy atom. The minimum atomic E-state index is -1.01. The first-order valence-electron chi connectivity index (χ1n) is 7.14. The van der Waals surface area contributed by atoms with E-state index in [-0.39, 0.29) is 30.1 Å². The molecule has 1 aromatic carbocycles. The Balaban J connectivity index is 2.61. The number of ether oxygens (including phenoxy) is 2. The molecule has 0 saturated heterocycles. The van der Waals surface area contributed by atoms with Gasteiger partial charge in [-0.1, -0.05) is 18.2 Å². The van der Waals surface area contributed by atoms with Gasteiger partial charge in [-0.15, -0.1) is 0 Å². The van der Waals surface area contributed by atoms with Gasteiger partial charge in [0.1, 0.15) is 18.2 Å². The number of hydrogen-bond acceptors (Lipinski definition) is 6. The highest BCUT2D eigenvalue weighted by Gasteiger charge is 2.28. The fraction of sp³-hybridized carbons (Fsp3) is 0.294. The molecular formula is C17H17FO6. The summed E-state index contributed by atoms with van der Waals surface area (Å²) in [4.78, 5) is 23.7. The van der Waals surface area contributed by atoms with Crippen molar-refractivity contribution in [2.75, 3.05) is 14.2 Å². The first kappa shape index (κ1) is 17.7. The van der Waals surface area contributed by atoms with Crippen molar-refractivity contribution in [3.8, 4) is 5.75 Å². The SMILES string of the molecule is COCc1cc(=O)c(O)c([C@H](CC(=O)OC)c2ccccc2F)o1. The van der Waals surface area contributed by atoms with Crippen LogP contribution in [-0.4, -0.2) is 25.3 Å². The van der Waals surface area contributed by atoms with Crippen molar-refractivity contribution in [3.05, 3.63) is 63.5 Å². The molecule has 2 rings (SSSR count). The zero-order valence-electron chi connectivity index (χ0n) is 13.2. The van der Waals surface area contributed by atoms with Gasteiger partial charge in [0.05, 0.1) is 19.4 Å². The minimum absolute atomic E-state index is 0.00919. The number of hydrogen-bond donors (Lipinski definition) is 1. The van der Waals surface area contributed by atoms with Crippen LogP contribution in [0.25, 0.3) is 0 Å². The van der Waals surface area contributed by atoms with Crippen LogP contribution in [-0.2, 0) is 20.9 Å². The summed E-state index contributed by atoms with van der Waals surface area (Å²) in [6, 6.07) is 6.82. The van der Waals surface area contributed by atoms with E-state index < -0.39 is 28.9 Å². The van der Waals surface area contributed by atoms with Crippen molar-refractivity contribution in [2.45, 2.75) is 18.9 Å². The van der Waals surface area contributed by atoms with E-state index in [0.29, 0.717) is 0 Å². The van der Waals surface area contributed by atoms with Crippen LogP contribution >= 0.6 is 0 Å². The van der Waals surface area contributed by atoms with Crippen LogP contribution in [0.5, 0.6) is 5.75 Å². The first-order valence-corrected chi connectivity index (χ1v) is 7.14. The zero-order valence-corrected chi connectivity index (χ0v) is 13.2. The predicted molar refractivity (Wildman–Crippen MR) is 82.2 cm³/mol. The van der Waals surface area contributed by atoms with Crippen LogP contribution in [0.1, 0.15) is 29.4 Å². The van der Waals surface area contributed by atoms with Gasteiger partial charge in [-0.25, -0.2) is 4.39 Å². The summed E-state index contributed by atoms with van der Waals surface area (Å²) in [6.45, 7) is -0.00919. The molecule has 6 nitrogen and oxygen atoms in total. The highest BCUT2D eigenvalue weighted by molar-refractivity contribution is 5.71. The van der Waals surface area contributed by atoms with E-state index in [0.717, 1.165) is 6.07 Å². The summed E-state index contributed by atoms with van der Waals surface area (Å²) in [6.07, 6.45) is -0.301. The van der Waals surface area contributed by atoms with Crippen molar-refractivity contribution < 1.29 is 28.2 Å². The molecule has 0 saturated carbocycles. The average Bonchev–Trinajstić information content (AvgIpc) is 2.57. The molecule has 128 valence electrons. The second kappa shape index (κ2) is 7.74. The smallest absolute Gasteiger partial charge is 0.306 e. The number of esters is 1. The number of methoxy groups -OCH3 is 2. The highest BCUT2D eigenvalue weighted by Crippen LogP contribution is 2.34. The normalized spacial score (nSPS) is 12.0. The molecule has 0 aliphatic heterocycles. The van der Waals surface area contributed by atoms with Gasteiger partial charge < -0.3 is 19.0 Å². The molecule has 0 bridgehead atoms. The molecule has 0 unspecified atom stereocenters. The Hall–Kier alpha value is -2.67. The lowest BCUT2D eigenvalue weighted by atomic mass is 9.91. The second-order valence-electron chi connectivity index (χ2n) is 5.08. The van der Waals surface area contributed by atoms with Gasteiger partial charge in [0.15, 0.2) is 5.76 Å². The van der Waals surface area contributed by atoms with Crippen LogP contribution in [0.15, 0.2) is 39.5 Å². The summed E-state index contributed by atoms with van der Waals surface area (Å²) in [5, 5.41) is 10.1. The van der Waals surface area contributed by atoms with Crippen LogP contribution < -0.4 is 5.43 Å². The van der Waals surface area contributed by atoms with Crippen molar-refractivity contribution in [2.24, 2.45) is 0 Å².